The van der Waals surface area contributed by atoms with E-state index in [2.05, 4.69) is 26.6 Å². The Bertz CT molecular complexity index is 621. The molecule has 1 amide bonds. The molecule has 0 spiro atoms. The Hall–Kier alpha value is -1.53. The van der Waals surface area contributed by atoms with E-state index in [0.717, 1.165) is 32.6 Å². The number of halogens is 1. The van der Waals surface area contributed by atoms with Gasteiger partial charge in [0.05, 0.1) is 12.2 Å². The molecule has 1 saturated carbocycles. The molecule has 2 saturated heterocycles. The summed E-state index contributed by atoms with van der Waals surface area (Å²) in [5.41, 5.74) is 0.696. The summed E-state index contributed by atoms with van der Waals surface area (Å²) in [6.07, 6.45) is 6.24. The lowest BCUT2D eigenvalue weighted by molar-refractivity contribution is -0.133. The highest BCUT2D eigenvalue weighted by atomic mass is 19.1. The highest BCUT2D eigenvalue weighted by Crippen LogP contribution is 2.32. The van der Waals surface area contributed by atoms with Crippen LogP contribution in [0.1, 0.15) is 31.7 Å². The van der Waals surface area contributed by atoms with Gasteiger partial charge in [0, 0.05) is 56.6 Å². The average molecular weight is 332 g/mol. The molecule has 3 heterocycles. The molecule has 2 aliphatic heterocycles. The Morgan fingerprint density at radius 2 is 2.08 bits per heavy atom. The fourth-order valence-corrected chi connectivity index (χ4v) is 4.07. The molecule has 130 valence electrons. The molecule has 0 aromatic carbocycles. The third-order valence-electron chi connectivity index (χ3n) is 5.67. The van der Waals surface area contributed by atoms with Crippen molar-refractivity contribution in [3.63, 3.8) is 0 Å². The fraction of sp³-hybridized carbons (Fsp3) is 0.667. The molecular formula is C18H25FN4O. The molecule has 2 unspecified atom stereocenters. The lowest BCUT2D eigenvalue weighted by atomic mass is 10.1. The van der Waals surface area contributed by atoms with Crippen LogP contribution in [0.2, 0.25) is 0 Å². The van der Waals surface area contributed by atoms with Crippen molar-refractivity contribution in [1.29, 1.82) is 0 Å². The zero-order valence-corrected chi connectivity index (χ0v) is 14.2. The van der Waals surface area contributed by atoms with E-state index in [4.69, 9.17) is 0 Å². The minimum absolute atomic E-state index is 0.0628. The largest absolute Gasteiger partial charge is 0.338 e. The summed E-state index contributed by atoms with van der Waals surface area (Å²) in [5.74, 6) is 0.0940. The number of carbonyl (C=O) groups excluding carboxylic acids is 1. The van der Waals surface area contributed by atoms with Crippen LogP contribution < -0.4 is 0 Å². The predicted molar refractivity (Wildman–Crippen MR) is 88.8 cm³/mol. The predicted octanol–water partition coefficient (Wildman–Crippen LogP) is 1.49. The van der Waals surface area contributed by atoms with E-state index >= 15 is 0 Å². The van der Waals surface area contributed by atoms with Gasteiger partial charge in [-0.25, -0.2) is 4.39 Å². The number of amides is 1. The topological polar surface area (TPSA) is 39.7 Å². The van der Waals surface area contributed by atoms with Gasteiger partial charge in [0.1, 0.15) is 5.82 Å². The van der Waals surface area contributed by atoms with Crippen molar-refractivity contribution in [1.82, 2.24) is 19.7 Å². The van der Waals surface area contributed by atoms with E-state index in [-0.39, 0.29) is 11.9 Å². The second-order valence-corrected chi connectivity index (χ2v) is 7.35. The van der Waals surface area contributed by atoms with E-state index in [0.29, 0.717) is 30.1 Å². The second kappa shape index (κ2) is 6.41. The standard InChI is InChI=1S/C18H25FN4O/c1-13-11-22(17-5-7-23(18(17)24)15-2-3-15)9-8-21(13)12-14-4-6-20-10-16(14)19/h4,6,10,13,15,17H,2-3,5,7-9,11-12H2,1H3. The van der Waals surface area contributed by atoms with E-state index in [9.17, 15) is 9.18 Å². The van der Waals surface area contributed by atoms with Crippen LogP contribution in [0.25, 0.3) is 0 Å². The molecule has 0 N–H and O–H groups in total. The highest BCUT2D eigenvalue weighted by Gasteiger charge is 2.43. The normalized spacial score (nSPS) is 29.4. The summed E-state index contributed by atoms with van der Waals surface area (Å²) >= 11 is 0. The number of likely N-dealkylation sites (tertiary alicyclic amines) is 1. The van der Waals surface area contributed by atoms with E-state index in [1.54, 1.807) is 12.3 Å². The molecule has 5 nitrogen and oxygen atoms in total. The number of nitrogens with zero attached hydrogens (tertiary/aromatic N) is 4. The summed E-state index contributed by atoms with van der Waals surface area (Å²) in [6.45, 7) is 6.33. The third kappa shape index (κ3) is 3.05. The third-order valence-corrected chi connectivity index (χ3v) is 5.67. The second-order valence-electron chi connectivity index (χ2n) is 7.35. The van der Waals surface area contributed by atoms with Crippen LogP contribution in [-0.2, 0) is 11.3 Å². The molecule has 4 rings (SSSR count). The van der Waals surface area contributed by atoms with Crippen LogP contribution in [0.4, 0.5) is 4.39 Å². The monoisotopic (exact) mass is 332 g/mol. The van der Waals surface area contributed by atoms with Crippen LogP contribution in [0.3, 0.4) is 0 Å². The van der Waals surface area contributed by atoms with Gasteiger partial charge in [-0.2, -0.15) is 0 Å². The van der Waals surface area contributed by atoms with E-state index in [1.807, 2.05) is 0 Å². The van der Waals surface area contributed by atoms with Crippen molar-refractivity contribution >= 4 is 5.91 Å². The van der Waals surface area contributed by atoms with Crippen molar-refractivity contribution in [3.8, 4) is 0 Å². The smallest absolute Gasteiger partial charge is 0.240 e. The summed E-state index contributed by atoms with van der Waals surface area (Å²) < 4.78 is 13.8. The van der Waals surface area contributed by atoms with Crippen LogP contribution in [0.15, 0.2) is 18.5 Å². The highest BCUT2D eigenvalue weighted by molar-refractivity contribution is 5.84. The maximum absolute atomic E-state index is 13.8. The molecule has 1 aromatic rings. The van der Waals surface area contributed by atoms with Crippen LogP contribution in [-0.4, -0.2) is 69.9 Å². The lowest BCUT2D eigenvalue weighted by Crippen LogP contribution is -2.56. The first-order chi connectivity index (χ1) is 11.6. The Kier molecular flexibility index (Phi) is 4.26. The zero-order chi connectivity index (χ0) is 16.7. The van der Waals surface area contributed by atoms with Gasteiger partial charge in [-0.3, -0.25) is 19.6 Å². The zero-order valence-electron chi connectivity index (χ0n) is 14.2. The van der Waals surface area contributed by atoms with Crippen molar-refractivity contribution in [2.75, 3.05) is 26.2 Å². The van der Waals surface area contributed by atoms with Gasteiger partial charge in [-0.05, 0) is 32.3 Å². The van der Waals surface area contributed by atoms with Gasteiger partial charge in [0.25, 0.3) is 0 Å². The lowest BCUT2D eigenvalue weighted by Gasteiger charge is -2.41. The molecule has 3 fully saturated rings. The SMILES string of the molecule is CC1CN(C2CCN(C3CC3)C2=O)CCN1Cc1ccncc1F. The maximum atomic E-state index is 13.8. The van der Waals surface area contributed by atoms with Gasteiger partial charge in [-0.1, -0.05) is 0 Å². The number of hydrogen-bond donors (Lipinski definition) is 0. The fourth-order valence-electron chi connectivity index (χ4n) is 4.07. The summed E-state index contributed by atoms with van der Waals surface area (Å²) in [5, 5.41) is 0. The number of rotatable bonds is 4. The Morgan fingerprint density at radius 1 is 1.25 bits per heavy atom. The van der Waals surface area contributed by atoms with Gasteiger partial charge in [-0.15, -0.1) is 0 Å². The first-order valence-corrected chi connectivity index (χ1v) is 9.00. The van der Waals surface area contributed by atoms with Crippen LogP contribution in [0.5, 0.6) is 0 Å². The van der Waals surface area contributed by atoms with Gasteiger partial charge in [0.15, 0.2) is 0 Å². The van der Waals surface area contributed by atoms with E-state index in [1.165, 1.54) is 19.0 Å². The van der Waals surface area contributed by atoms with Crippen molar-refractivity contribution in [3.05, 3.63) is 29.8 Å². The van der Waals surface area contributed by atoms with Gasteiger partial charge < -0.3 is 4.90 Å². The first kappa shape index (κ1) is 16.0. The minimum atomic E-state index is -0.238. The molecule has 3 aliphatic rings. The van der Waals surface area contributed by atoms with Crippen molar-refractivity contribution in [2.24, 2.45) is 0 Å². The number of aromatic nitrogens is 1. The molecule has 24 heavy (non-hydrogen) atoms. The first-order valence-electron chi connectivity index (χ1n) is 9.00. The number of piperazine rings is 1. The molecule has 1 aliphatic carbocycles. The molecule has 2 atom stereocenters. The Morgan fingerprint density at radius 3 is 2.79 bits per heavy atom. The van der Waals surface area contributed by atoms with Crippen molar-refractivity contribution in [2.45, 2.75) is 50.9 Å². The molecule has 0 bridgehead atoms. The Balaban J connectivity index is 1.36. The molecule has 0 radical (unpaired) electrons. The Labute approximate surface area is 142 Å². The summed E-state index contributed by atoms with van der Waals surface area (Å²) in [7, 11) is 0. The van der Waals surface area contributed by atoms with Crippen LogP contribution in [0, 0.1) is 5.82 Å². The van der Waals surface area contributed by atoms with Crippen molar-refractivity contribution < 1.29 is 9.18 Å². The number of hydrogen-bond acceptors (Lipinski definition) is 4. The number of pyridine rings is 1. The van der Waals surface area contributed by atoms with Gasteiger partial charge in [0.2, 0.25) is 5.91 Å². The maximum Gasteiger partial charge on any atom is 0.240 e. The minimum Gasteiger partial charge on any atom is -0.338 e. The summed E-state index contributed by atoms with van der Waals surface area (Å²) in [6, 6.07) is 2.65. The molecular weight excluding hydrogens is 307 g/mol. The van der Waals surface area contributed by atoms with Gasteiger partial charge >= 0.3 is 0 Å². The summed E-state index contributed by atoms with van der Waals surface area (Å²) in [4.78, 5) is 23.2. The average Bonchev–Trinajstić information content (AvgIpc) is 3.34. The quantitative estimate of drug-likeness (QED) is 0.838. The molecule has 6 heteroatoms. The number of carbonyl (C=O) groups is 1. The van der Waals surface area contributed by atoms with Crippen LogP contribution >= 0.6 is 0 Å². The van der Waals surface area contributed by atoms with E-state index < -0.39 is 0 Å². The molecule has 1 aromatic heterocycles.